The highest BCUT2D eigenvalue weighted by atomic mass is 35.5. The summed E-state index contributed by atoms with van der Waals surface area (Å²) in [4.78, 5) is 15.2. The van der Waals surface area contributed by atoms with E-state index in [1.165, 1.54) is 19.2 Å². The first-order chi connectivity index (χ1) is 9.52. The number of nitrogens with zero attached hydrogens (tertiary/aromatic N) is 1. The number of carbonyl (C=O) groups is 1. The Morgan fingerprint density at radius 1 is 1.25 bits per heavy atom. The molecule has 0 saturated carbocycles. The standard InChI is InChI=1S/C13H8ClF2NO3/c1-19-12-8(14)3-5-10(11(12)16)20-13(18)9-4-2-7(15)6-17-9/h2-6H,1H3. The molecular formula is C13H8ClF2NO3. The maximum atomic E-state index is 13.9. The van der Waals surface area contributed by atoms with Gasteiger partial charge in [-0.25, -0.2) is 14.2 Å². The molecule has 1 heterocycles. The van der Waals surface area contributed by atoms with Crippen LogP contribution in [0.15, 0.2) is 30.5 Å². The van der Waals surface area contributed by atoms with Gasteiger partial charge in [-0.2, -0.15) is 4.39 Å². The van der Waals surface area contributed by atoms with Crippen molar-refractivity contribution in [3.8, 4) is 11.5 Å². The SMILES string of the molecule is COc1c(Cl)ccc(OC(=O)c2ccc(F)cn2)c1F. The summed E-state index contributed by atoms with van der Waals surface area (Å²) in [6.07, 6.45) is 0.857. The van der Waals surface area contributed by atoms with Crippen molar-refractivity contribution < 1.29 is 23.0 Å². The number of hydrogen-bond acceptors (Lipinski definition) is 4. The van der Waals surface area contributed by atoms with E-state index in [0.29, 0.717) is 0 Å². The molecule has 0 unspecified atom stereocenters. The highest BCUT2D eigenvalue weighted by Gasteiger charge is 2.18. The molecule has 0 aliphatic rings. The molecular weight excluding hydrogens is 292 g/mol. The molecule has 104 valence electrons. The van der Waals surface area contributed by atoms with Crippen molar-refractivity contribution >= 4 is 17.6 Å². The molecule has 0 N–H and O–H groups in total. The Morgan fingerprint density at radius 2 is 2.00 bits per heavy atom. The van der Waals surface area contributed by atoms with Crippen LogP contribution in [-0.4, -0.2) is 18.1 Å². The molecule has 0 radical (unpaired) electrons. The fraction of sp³-hybridized carbons (Fsp3) is 0.0769. The van der Waals surface area contributed by atoms with E-state index >= 15 is 0 Å². The van der Waals surface area contributed by atoms with E-state index in [9.17, 15) is 13.6 Å². The third-order valence-corrected chi connectivity index (χ3v) is 2.65. The van der Waals surface area contributed by atoms with Crippen molar-refractivity contribution in [2.24, 2.45) is 0 Å². The number of hydrogen-bond donors (Lipinski definition) is 0. The summed E-state index contributed by atoms with van der Waals surface area (Å²) in [7, 11) is 1.23. The fourth-order valence-corrected chi connectivity index (χ4v) is 1.65. The van der Waals surface area contributed by atoms with Gasteiger partial charge in [0.25, 0.3) is 0 Å². The first-order valence-electron chi connectivity index (χ1n) is 5.38. The predicted molar refractivity (Wildman–Crippen MR) is 67.1 cm³/mol. The van der Waals surface area contributed by atoms with Gasteiger partial charge in [-0.05, 0) is 24.3 Å². The summed E-state index contributed by atoms with van der Waals surface area (Å²) in [5.41, 5.74) is -0.153. The summed E-state index contributed by atoms with van der Waals surface area (Å²) in [5, 5.41) is 0.0460. The number of carbonyl (C=O) groups excluding carboxylic acids is 1. The van der Waals surface area contributed by atoms with E-state index in [0.717, 1.165) is 18.3 Å². The maximum Gasteiger partial charge on any atom is 0.362 e. The Bertz CT molecular complexity index is 647. The second-order valence-corrected chi connectivity index (χ2v) is 4.05. The average molecular weight is 300 g/mol. The minimum atomic E-state index is -0.923. The van der Waals surface area contributed by atoms with Gasteiger partial charge in [-0.3, -0.25) is 0 Å². The molecule has 0 spiro atoms. The first kappa shape index (κ1) is 14.2. The summed E-state index contributed by atoms with van der Waals surface area (Å²) < 4.78 is 36.2. The third kappa shape index (κ3) is 2.85. The van der Waals surface area contributed by atoms with E-state index in [4.69, 9.17) is 21.1 Å². The van der Waals surface area contributed by atoms with Crippen LogP contribution in [0.3, 0.4) is 0 Å². The van der Waals surface area contributed by atoms with Crippen LogP contribution in [0.2, 0.25) is 5.02 Å². The van der Waals surface area contributed by atoms with Gasteiger partial charge in [0, 0.05) is 0 Å². The molecule has 0 aliphatic heterocycles. The monoisotopic (exact) mass is 299 g/mol. The Morgan fingerprint density at radius 3 is 2.60 bits per heavy atom. The molecule has 0 bridgehead atoms. The summed E-state index contributed by atoms with van der Waals surface area (Å²) in [6, 6.07) is 4.68. The zero-order valence-electron chi connectivity index (χ0n) is 10.2. The summed E-state index contributed by atoms with van der Waals surface area (Å²) >= 11 is 5.71. The molecule has 0 atom stereocenters. The number of pyridine rings is 1. The minimum Gasteiger partial charge on any atom is -0.492 e. The Hall–Kier alpha value is -2.21. The van der Waals surface area contributed by atoms with E-state index in [1.54, 1.807) is 0 Å². The van der Waals surface area contributed by atoms with Crippen LogP contribution >= 0.6 is 11.6 Å². The lowest BCUT2D eigenvalue weighted by atomic mass is 10.3. The zero-order chi connectivity index (χ0) is 14.7. The van der Waals surface area contributed by atoms with Gasteiger partial charge in [0.05, 0.1) is 18.3 Å². The number of halogens is 3. The normalized spacial score (nSPS) is 10.2. The summed E-state index contributed by atoms with van der Waals surface area (Å²) in [5.74, 6) is -3.02. The number of ether oxygens (including phenoxy) is 2. The van der Waals surface area contributed by atoms with E-state index in [-0.39, 0.29) is 22.2 Å². The maximum absolute atomic E-state index is 13.9. The number of esters is 1. The lowest BCUT2D eigenvalue weighted by Crippen LogP contribution is -2.11. The molecule has 1 aromatic heterocycles. The van der Waals surface area contributed by atoms with Crippen molar-refractivity contribution in [1.29, 1.82) is 0 Å². The molecule has 2 aromatic rings. The third-order valence-electron chi connectivity index (χ3n) is 2.36. The van der Waals surface area contributed by atoms with Crippen molar-refractivity contribution in [3.63, 3.8) is 0 Å². The molecule has 0 saturated heterocycles. The molecule has 20 heavy (non-hydrogen) atoms. The molecule has 0 fully saturated rings. The fourth-order valence-electron chi connectivity index (χ4n) is 1.43. The van der Waals surface area contributed by atoms with Gasteiger partial charge < -0.3 is 9.47 Å². The topological polar surface area (TPSA) is 48.4 Å². The van der Waals surface area contributed by atoms with Gasteiger partial charge in [0.15, 0.2) is 11.5 Å². The van der Waals surface area contributed by atoms with E-state index in [2.05, 4.69) is 4.98 Å². The Labute approximate surface area is 117 Å². The van der Waals surface area contributed by atoms with Crippen molar-refractivity contribution in [3.05, 3.63) is 52.8 Å². The molecule has 1 aromatic carbocycles. The van der Waals surface area contributed by atoms with E-state index < -0.39 is 17.6 Å². The molecule has 7 heteroatoms. The highest BCUT2D eigenvalue weighted by Crippen LogP contribution is 2.33. The molecule has 0 aliphatic carbocycles. The molecule has 2 rings (SSSR count). The molecule has 4 nitrogen and oxygen atoms in total. The van der Waals surface area contributed by atoms with Crippen LogP contribution < -0.4 is 9.47 Å². The van der Waals surface area contributed by atoms with Crippen LogP contribution in [0, 0.1) is 11.6 Å². The zero-order valence-corrected chi connectivity index (χ0v) is 10.9. The van der Waals surface area contributed by atoms with E-state index in [1.807, 2.05) is 0 Å². The summed E-state index contributed by atoms with van der Waals surface area (Å²) in [6.45, 7) is 0. The minimum absolute atomic E-state index is 0.0460. The molecule has 0 amide bonds. The number of rotatable bonds is 3. The van der Waals surface area contributed by atoms with Crippen molar-refractivity contribution in [2.45, 2.75) is 0 Å². The van der Waals surface area contributed by atoms with Crippen LogP contribution in [0.25, 0.3) is 0 Å². The van der Waals surface area contributed by atoms with Crippen LogP contribution in [-0.2, 0) is 0 Å². The lowest BCUT2D eigenvalue weighted by molar-refractivity contribution is 0.0721. The average Bonchev–Trinajstić information content (AvgIpc) is 2.43. The highest BCUT2D eigenvalue weighted by molar-refractivity contribution is 6.32. The number of aromatic nitrogens is 1. The van der Waals surface area contributed by atoms with Crippen molar-refractivity contribution in [1.82, 2.24) is 4.98 Å². The quantitative estimate of drug-likeness (QED) is 0.645. The Kier molecular flexibility index (Phi) is 4.14. The van der Waals surface area contributed by atoms with Gasteiger partial charge in [-0.15, -0.1) is 0 Å². The Balaban J connectivity index is 2.26. The van der Waals surface area contributed by atoms with Crippen LogP contribution in [0.1, 0.15) is 10.5 Å². The smallest absolute Gasteiger partial charge is 0.362 e. The number of methoxy groups -OCH3 is 1. The van der Waals surface area contributed by atoms with Gasteiger partial charge >= 0.3 is 5.97 Å². The largest absolute Gasteiger partial charge is 0.492 e. The van der Waals surface area contributed by atoms with Gasteiger partial charge in [0.1, 0.15) is 11.5 Å². The van der Waals surface area contributed by atoms with Gasteiger partial charge in [-0.1, -0.05) is 11.6 Å². The second kappa shape index (κ2) is 5.83. The van der Waals surface area contributed by atoms with Crippen LogP contribution in [0.4, 0.5) is 8.78 Å². The van der Waals surface area contributed by atoms with Gasteiger partial charge in [0.2, 0.25) is 5.82 Å². The van der Waals surface area contributed by atoms with Crippen molar-refractivity contribution in [2.75, 3.05) is 7.11 Å². The second-order valence-electron chi connectivity index (χ2n) is 3.64. The number of benzene rings is 1. The predicted octanol–water partition coefficient (Wildman–Crippen LogP) is 3.24. The lowest BCUT2D eigenvalue weighted by Gasteiger charge is -2.09. The van der Waals surface area contributed by atoms with Crippen LogP contribution in [0.5, 0.6) is 11.5 Å². The first-order valence-corrected chi connectivity index (χ1v) is 5.76.